The minimum Gasteiger partial charge on any atom is -0.496 e. The molecule has 19 heavy (non-hydrogen) atoms. The molecular formula is C13H19NO4S. The molecular weight excluding hydrogens is 266 g/mol. The van der Waals surface area contributed by atoms with E-state index in [9.17, 15) is 9.59 Å². The number of amides is 1. The summed E-state index contributed by atoms with van der Waals surface area (Å²) < 4.78 is 9.93. The molecule has 106 valence electrons. The Morgan fingerprint density at radius 1 is 1.42 bits per heavy atom. The summed E-state index contributed by atoms with van der Waals surface area (Å²) in [5.41, 5.74) is 0. The van der Waals surface area contributed by atoms with Crippen LogP contribution < -0.4 is 4.74 Å². The highest BCUT2D eigenvalue weighted by Gasteiger charge is 2.23. The zero-order valence-electron chi connectivity index (χ0n) is 11.6. The van der Waals surface area contributed by atoms with Crippen molar-refractivity contribution in [2.45, 2.75) is 26.8 Å². The first-order valence-electron chi connectivity index (χ1n) is 6.08. The van der Waals surface area contributed by atoms with Crippen LogP contribution in [-0.2, 0) is 9.53 Å². The van der Waals surface area contributed by atoms with Crippen molar-refractivity contribution in [1.29, 1.82) is 0 Å². The van der Waals surface area contributed by atoms with Gasteiger partial charge in [0.1, 0.15) is 12.3 Å². The maximum Gasteiger partial charge on any atom is 0.325 e. The van der Waals surface area contributed by atoms with Crippen LogP contribution in [0.2, 0.25) is 0 Å². The predicted octanol–water partition coefficient (Wildman–Crippen LogP) is 2.17. The number of carbonyl (C=O) groups excluding carboxylic acids is 2. The van der Waals surface area contributed by atoms with Gasteiger partial charge in [-0.15, -0.1) is 11.3 Å². The molecule has 1 aromatic heterocycles. The van der Waals surface area contributed by atoms with E-state index in [1.165, 1.54) is 16.2 Å². The van der Waals surface area contributed by atoms with E-state index in [-0.39, 0.29) is 18.5 Å². The van der Waals surface area contributed by atoms with E-state index in [0.29, 0.717) is 17.2 Å². The van der Waals surface area contributed by atoms with Crippen LogP contribution in [0.3, 0.4) is 0 Å². The first-order chi connectivity index (χ1) is 8.99. The fraction of sp³-hybridized carbons (Fsp3) is 0.538. The molecule has 0 fully saturated rings. The third-order valence-electron chi connectivity index (χ3n) is 2.51. The highest BCUT2D eigenvalue weighted by molar-refractivity contribution is 7.12. The van der Waals surface area contributed by atoms with E-state index in [4.69, 9.17) is 9.47 Å². The molecule has 0 aromatic carbocycles. The summed E-state index contributed by atoms with van der Waals surface area (Å²) in [6.45, 7) is 5.74. The topological polar surface area (TPSA) is 55.8 Å². The summed E-state index contributed by atoms with van der Waals surface area (Å²) in [4.78, 5) is 25.9. The van der Waals surface area contributed by atoms with Gasteiger partial charge in [0.15, 0.2) is 0 Å². The number of carbonyl (C=O) groups is 2. The van der Waals surface area contributed by atoms with Crippen LogP contribution in [-0.4, -0.2) is 43.1 Å². The number of methoxy groups -OCH3 is 1. The molecule has 0 unspecified atom stereocenters. The molecule has 1 heterocycles. The molecule has 1 aromatic rings. The Kier molecular flexibility index (Phi) is 5.82. The average molecular weight is 285 g/mol. The van der Waals surface area contributed by atoms with Crippen molar-refractivity contribution in [3.63, 3.8) is 0 Å². The van der Waals surface area contributed by atoms with Crippen molar-refractivity contribution < 1.29 is 19.1 Å². The Morgan fingerprint density at radius 2 is 2.11 bits per heavy atom. The van der Waals surface area contributed by atoms with Crippen molar-refractivity contribution in [2.24, 2.45) is 0 Å². The van der Waals surface area contributed by atoms with Gasteiger partial charge in [-0.2, -0.15) is 0 Å². The second-order valence-corrected chi connectivity index (χ2v) is 5.09. The highest BCUT2D eigenvalue weighted by Crippen LogP contribution is 2.23. The molecule has 0 aliphatic rings. The lowest BCUT2D eigenvalue weighted by atomic mass is 10.3. The number of nitrogens with zero attached hydrogens (tertiary/aromatic N) is 1. The molecule has 0 aliphatic heterocycles. The maximum atomic E-state index is 12.3. The summed E-state index contributed by atoms with van der Waals surface area (Å²) in [7, 11) is 1.55. The van der Waals surface area contributed by atoms with E-state index in [0.717, 1.165) is 0 Å². The summed E-state index contributed by atoms with van der Waals surface area (Å²) in [5, 5.41) is 1.76. The molecule has 6 heteroatoms. The zero-order chi connectivity index (χ0) is 14.4. The molecule has 0 bridgehead atoms. The standard InChI is InChI=1S/C13H19NO4S/c1-5-18-12(15)7-14(9(2)3)13(16)11-6-10(17-4)8-19-11/h6,8-9H,5,7H2,1-4H3. The second-order valence-electron chi connectivity index (χ2n) is 4.18. The summed E-state index contributed by atoms with van der Waals surface area (Å²) in [5.74, 6) is 0.0672. The average Bonchev–Trinajstić information content (AvgIpc) is 2.84. The van der Waals surface area contributed by atoms with Crippen molar-refractivity contribution in [3.8, 4) is 5.75 Å². The molecule has 5 nitrogen and oxygen atoms in total. The Labute approximate surface area is 117 Å². The third-order valence-corrected chi connectivity index (χ3v) is 3.41. The second kappa shape index (κ2) is 7.13. The van der Waals surface area contributed by atoms with Crippen molar-refractivity contribution in [2.75, 3.05) is 20.3 Å². The van der Waals surface area contributed by atoms with Crippen molar-refractivity contribution in [1.82, 2.24) is 4.90 Å². The van der Waals surface area contributed by atoms with Gasteiger partial charge in [0.05, 0.1) is 18.6 Å². The smallest absolute Gasteiger partial charge is 0.325 e. The van der Waals surface area contributed by atoms with Crippen LogP contribution in [0.5, 0.6) is 5.75 Å². The minimum absolute atomic E-state index is 0.0371. The van der Waals surface area contributed by atoms with Gasteiger partial charge in [-0.1, -0.05) is 0 Å². The first-order valence-corrected chi connectivity index (χ1v) is 6.96. The van der Waals surface area contributed by atoms with Gasteiger partial charge >= 0.3 is 5.97 Å². The molecule has 0 saturated carbocycles. The van der Waals surface area contributed by atoms with Gasteiger partial charge < -0.3 is 14.4 Å². The number of ether oxygens (including phenoxy) is 2. The van der Waals surface area contributed by atoms with Crippen LogP contribution in [0.1, 0.15) is 30.4 Å². The SMILES string of the molecule is CCOC(=O)CN(C(=O)c1cc(OC)cs1)C(C)C. The van der Waals surface area contributed by atoms with E-state index >= 15 is 0 Å². The largest absolute Gasteiger partial charge is 0.496 e. The van der Waals surface area contributed by atoms with Gasteiger partial charge in [-0.05, 0) is 20.8 Å². The first kappa shape index (κ1) is 15.5. The normalized spacial score (nSPS) is 10.4. The maximum absolute atomic E-state index is 12.3. The quantitative estimate of drug-likeness (QED) is 0.752. The molecule has 1 rings (SSSR count). The van der Waals surface area contributed by atoms with Gasteiger partial charge in [-0.25, -0.2) is 0 Å². The lowest BCUT2D eigenvalue weighted by molar-refractivity contribution is -0.144. The highest BCUT2D eigenvalue weighted by atomic mass is 32.1. The monoisotopic (exact) mass is 285 g/mol. The molecule has 0 saturated heterocycles. The van der Waals surface area contributed by atoms with Crippen LogP contribution in [0.4, 0.5) is 0 Å². The summed E-state index contributed by atoms with van der Waals surface area (Å²) >= 11 is 1.30. The minimum atomic E-state index is -0.395. The van der Waals surface area contributed by atoms with Crippen LogP contribution >= 0.6 is 11.3 Å². The van der Waals surface area contributed by atoms with E-state index < -0.39 is 5.97 Å². The van der Waals surface area contributed by atoms with Crippen LogP contribution in [0, 0.1) is 0 Å². The molecule has 1 amide bonds. The van der Waals surface area contributed by atoms with Gasteiger partial charge in [0, 0.05) is 17.5 Å². The fourth-order valence-corrected chi connectivity index (χ4v) is 2.32. The number of rotatable bonds is 6. The van der Waals surface area contributed by atoms with Gasteiger partial charge in [-0.3, -0.25) is 9.59 Å². The molecule has 0 spiro atoms. The van der Waals surface area contributed by atoms with Gasteiger partial charge in [0.2, 0.25) is 0 Å². The van der Waals surface area contributed by atoms with Gasteiger partial charge in [0.25, 0.3) is 5.91 Å². The number of hydrogen-bond acceptors (Lipinski definition) is 5. The zero-order valence-corrected chi connectivity index (χ0v) is 12.5. The van der Waals surface area contributed by atoms with Crippen LogP contribution in [0.15, 0.2) is 11.4 Å². The Morgan fingerprint density at radius 3 is 2.58 bits per heavy atom. The molecule has 0 radical (unpaired) electrons. The number of esters is 1. The lowest BCUT2D eigenvalue weighted by Crippen LogP contribution is -2.41. The Balaban J connectivity index is 2.80. The van der Waals surface area contributed by atoms with E-state index in [2.05, 4.69) is 0 Å². The molecule has 0 N–H and O–H groups in total. The Bertz CT molecular complexity index is 442. The van der Waals surface area contributed by atoms with Crippen molar-refractivity contribution >= 4 is 23.2 Å². The fourth-order valence-electron chi connectivity index (χ4n) is 1.51. The number of thiophene rings is 1. The van der Waals surface area contributed by atoms with E-state index in [1.54, 1.807) is 25.5 Å². The molecule has 0 aliphatic carbocycles. The molecule has 0 atom stereocenters. The lowest BCUT2D eigenvalue weighted by Gasteiger charge is -2.25. The van der Waals surface area contributed by atoms with Crippen molar-refractivity contribution in [3.05, 3.63) is 16.3 Å². The number of hydrogen-bond donors (Lipinski definition) is 0. The Hall–Kier alpha value is -1.56. The van der Waals surface area contributed by atoms with E-state index in [1.807, 2.05) is 13.8 Å². The summed E-state index contributed by atoms with van der Waals surface area (Å²) in [6.07, 6.45) is 0. The predicted molar refractivity (Wildman–Crippen MR) is 73.7 cm³/mol. The third kappa shape index (κ3) is 4.24. The summed E-state index contributed by atoms with van der Waals surface area (Å²) in [6, 6.07) is 1.60. The van der Waals surface area contributed by atoms with Crippen LogP contribution in [0.25, 0.3) is 0 Å².